The van der Waals surface area contributed by atoms with Crippen LogP contribution in [-0.4, -0.2) is 20.0 Å². The topological polar surface area (TPSA) is 71.0 Å². The number of para-hydroxylation sites is 2. The van der Waals surface area contributed by atoms with Gasteiger partial charge in [0.15, 0.2) is 5.78 Å². The standard InChI is InChI=1S/C29H41N3O2.BrH/c1-9-19(10-2)17-31-23-13-11-12-14-24(23)32(27(31)30)18-25(33)20-15-21(28(3,4)5)26(34)22(16-20)29(6,7)8;/h11-16,19,30,34H,9-10,17-18H2,1-8H3;1H. The lowest BCUT2D eigenvalue weighted by atomic mass is 9.78. The number of Topliss-reactive ketones (excluding diaryl/α,β-unsaturated/α-hetero) is 1. The summed E-state index contributed by atoms with van der Waals surface area (Å²) >= 11 is 0. The van der Waals surface area contributed by atoms with E-state index in [2.05, 4.69) is 13.8 Å². The predicted molar refractivity (Wildman–Crippen MR) is 150 cm³/mol. The third-order valence-corrected chi connectivity index (χ3v) is 6.92. The average molecular weight is 545 g/mol. The lowest BCUT2D eigenvalue weighted by Gasteiger charge is -2.28. The van der Waals surface area contributed by atoms with Crippen molar-refractivity contribution in [3.63, 3.8) is 0 Å². The number of benzene rings is 2. The molecular formula is C29H42BrN3O2. The zero-order valence-corrected chi connectivity index (χ0v) is 24.2. The summed E-state index contributed by atoms with van der Waals surface area (Å²) < 4.78 is 3.86. The van der Waals surface area contributed by atoms with Crippen LogP contribution in [0.5, 0.6) is 5.75 Å². The molecule has 0 spiro atoms. The van der Waals surface area contributed by atoms with Crippen LogP contribution in [0.25, 0.3) is 11.0 Å². The van der Waals surface area contributed by atoms with Crippen LogP contribution in [0.4, 0.5) is 0 Å². The van der Waals surface area contributed by atoms with Crippen LogP contribution < -0.4 is 5.62 Å². The van der Waals surface area contributed by atoms with Crippen LogP contribution in [0.2, 0.25) is 0 Å². The number of carbonyl (C=O) groups is 1. The van der Waals surface area contributed by atoms with Crippen LogP contribution >= 0.6 is 17.0 Å². The van der Waals surface area contributed by atoms with E-state index in [1.807, 2.05) is 87.1 Å². The fraction of sp³-hybridized carbons (Fsp3) is 0.517. The lowest BCUT2D eigenvalue weighted by molar-refractivity contribution is 0.0971. The molecule has 2 aromatic carbocycles. The Morgan fingerprint density at radius 3 is 1.80 bits per heavy atom. The van der Waals surface area contributed by atoms with Crippen molar-refractivity contribution in [3.05, 3.63) is 58.7 Å². The summed E-state index contributed by atoms with van der Waals surface area (Å²) in [5.74, 6) is 0.705. The smallest absolute Gasteiger partial charge is 0.203 e. The highest BCUT2D eigenvalue weighted by Crippen LogP contribution is 2.40. The zero-order chi connectivity index (χ0) is 25.4. The molecule has 6 heteroatoms. The summed E-state index contributed by atoms with van der Waals surface area (Å²) in [6.45, 7) is 17.5. The van der Waals surface area contributed by atoms with E-state index in [0.717, 1.165) is 41.5 Å². The van der Waals surface area contributed by atoms with E-state index in [4.69, 9.17) is 5.41 Å². The van der Waals surface area contributed by atoms with E-state index in [1.165, 1.54) is 0 Å². The predicted octanol–water partition coefficient (Wildman–Crippen LogP) is 7.12. The van der Waals surface area contributed by atoms with Crippen LogP contribution in [0, 0.1) is 11.3 Å². The summed E-state index contributed by atoms with van der Waals surface area (Å²) in [5, 5.41) is 20.0. The maximum atomic E-state index is 13.6. The molecule has 1 aromatic heterocycles. The van der Waals surface area contributed by atoms with Crippen molar-refractivity contribution in [3.8, 4) is 5.75 Å². The molecule has 0 bridgehead atoms. The Bertz CT molecular complexity index is 1220. The van der Waals surface area contributed by atoms with Gasteiger partial charge in [0.25, 0.3) is 0 Å². The van der Waals surface area contributed by atoms with E-state index >= 15 is 0 Å². The highest BCUT2D eigenvalue weighted by atomic mass is 79.9. The van der Waals surface area contributed by atoms with Gasteiger partial charge in [0, 0.05) is 23.2 Å². The number of nitrogens with one attached hydrogen (secondary N) is 1. The van der Waals surface area contributed by atoms with Gasteiger partial charge in [0.1, 0.15) is 5.75 Å². The van der Waals surface area contributed by atoms with Gasteiger partial charge in [0.2, 0.25) is 5.62 Å². The highest BCUT2D eigenvalue weighted by molar-refractivity contribution is 8.93. The van der Waals surface area contributed by atoms with Gasteiger partial charge in [-0.05, 0) is 41.0 Å². The molecule has 3 rings (SSSR count). The van der Waals surface area contributed by atoms with Gasteiger partial charge in [-0.25, -0.2) is 0 Å². The Morgan fingerprint density at radius 1 is 0.914 bits per heavy atom. The second-order valence-corrected chi connectivity index (χ2v) is 11.5. The molecule has 0 radical (unpaired) electrons. The van der Waals surface area contributed by atoms with Crippen molar-refractivity contribution in [1.82, 2.24) is 9.13 Å². The number of phenols is 1. The third-order valence-electron chi connectivity index (χ3n) is 6.92. The number of ketones is 1. The number of hydrogen-bond acceptors (Lipinski definition) is 3. The Labute approximate surface area is 220 Å². The molecule has 1 heterocycles. The van der Waals surface area contributed by atoms with E-state index in [1.54, 1.807) is 0 Å². The minimum Gasteiger partial charge on any atom is -0.507 e. The minimum atomic E-state index is -0.306. The average Bonchev–Trinajstić information content (AvgIpc) is 3.01. The van der Waals surface area contributed by atoms with Crippen LogP contribution in [0.3, 0.4) is 0 Å². The Morgan fingerprint density at radius 2 is 1.37 bits per heavy atom. The molecule has 192 valence electrons. The first-order valence-corrected chi connectivity index (χ1v) is 12.4. The fourth-order valence-electron chi connectivity index (χ4n) is 4.62. The van der Waals surface area contributed by atoms with E-state index in [9.17, 15) is 9.90 Å². The Kier molecular flexibility index (Phi) is 8.86. The molecule has 0 saturated carbocycles. The number of hydrogen-bond donors (Lipinski definition) is 2. The lowest BCUT2D eigenvalue weighted by Crippen LogP contribution is -2.29. The largest absolute Gasteiger partial charge is 0.507 e. The number of halogens is 1. The van der Waals surface area contributed by atoms with Crippen molar-refractivity contribution in [2.45, 2.75) is 92.2 Å². The molecule has 0 amide bonds. The molecular weight excluding hydrogens is 502 g/mol. The summed E-state index contributed by atoms with van der Waals surface area (Å²) in [6, 6.07) is 11.6. The number of fused-ring (bicyclic) bond motifs is 1. The molecule has 0 unspecified atom stereocenters. The van der Waals surface area contributed by atoms with Gasteiger partial charge in [-0.2, -0.15) is 0 Å². The first kappa shape index (κ1) is 28.9. The first-order valence-electron chi connectivity index (χ1n) is 12.4. The van der Waals surface area contributed by atoms with E-state index in [-0.39, 0.29) is 45.9 Å². The SMILES string of the molecule is Br.CCC(CC)Cn1c(=N)n(CC(=O)c2cc(C(C)(C)C)c(O)c(C(C)(C)C)c2)c2ccccc21. The van der Waals surface area contributed by atoms with Crippen molar-refractivity contribution in [2.24, 2.45) is 5.92 Å². The van der Waals surface area contributed by atoms with Crippen LogP contribution in [-0.2, 0) is 23.9 Å². The fourth-order valence-corrected chi connectivity index (χ4v) is 4.62. The van der Waals surface area contributed by atoms with Gasteiger partial charge in [-0.3, -0.25) is 10.2 Å². The normalized spacial score (nSPS) is 12.3. The minimum absolute atomic E-state index is 0. The summed E-state index contributed by atoms with van der Waals surface area (Å²) in [6.07, 6.45) is 2.11. The Hall–Kier alpha value is -2.34. The number of aromatic hydroxyl groups is 1. The van der Waals surface area contributed by atoms with Crippen molar-refractivity contribution in [1.29, 1.82) is 5.41 Å². The number of rotatable bonds is 7. The van der Waals surface area contributed by atoms with Crippen molar-refractivity contribution in [2.75, 3.05) is 0 Å². The van der Waals surface area contributed by atoms with E-state index < -0.39 is 0 Å². The second-order valence-electron chi connectivity index (χ2n) is 11.5. The zero-order valence-electron chi connectivity index (χ0n) is 22.5. The second kappa shape index (κ2) is 10.7. The first-order chi connectivity index (χ1) is 15.8. The number of aromatic nitrogens is 2. The molecule has 0 saturated heterocycles. The van der Waals surface area contributed by atoms with Crippen LogP contribution in [0.1, 0.15) is 89.7 Å². The molecule has 0 atom stereocenters. The number of carbonyl (C=O) groups excluding carboxylic acids is 1. The molecule has 0 aliphatic heterocycles. The number of phenolic OH excluding ortho intramolecular Hbond substituents is 1. The summed E-state index contributed by atoms with van der Waals surface area (Å²) in [7, 11) is 0. The van der Waals surface area contributed by atoms with Gasteiger partial charge in [-0.15, -0.1) is 17.0 Å². The molecule has 2 N–H and O–H groups in total. The van der Waals surface area contributed by atoms with Gasteiger partial charge < -0.3 is 14.2 Å². The quantitative estimate of drug-likeness (QED) is 0.311. The van der Waals surface area contributed by atoms with Crippen LogP contribution in [0.15, 0.2) is 36.4 Å². The molecule has 3 aromatic rings. The summed E-state index contributed by atoms with van der Waals surface area (Å²) in [5.41, 5.74) is 3.76. The highest BCUT2D eigenvalue weighted by Gasteiger charge is 2.28. The Balaban J connectivity index is 0.00000432. The van der Waals surface area contributed by atoms with Gasteiger partial charge in [-0.1, -0.05) is 80.4 Å². The molecule has 0 aliphatic rings. The summed E-state index contributed by atoms with van der Waals surface area (Å²) in [4.78, 5) is 13.6. The number of nitrogens with zero attached hydrogens (tertiary/aromatic N) is 2. The third kappa shape index (κ3) is 5.91. The van der Waals surface area contributed by atoms with Gasteiger partial charge >= 0.3 is 0 Å². The number of imidazole rings is 1. The molecule has 35 heavy (non-hydrogen) atoms. The van der Waals surface area contributed by atoms with Gasteiger partial charge in [0.05, 0.1) is 17.6 Å². The molecule has 5 nitrogen and oxygen atoms in total. The maximum absolute atomic E-state index is 13.6. The molecule has 0 fully saturated rings. The maximum Gasteiger partial charge on any atom is 0.203 e. The van der Waals surface area contributed by atoms with Crippen molar-refractivity contribution < 1.29 is 9.90 Å². The monoisotopic (exact) mass is 543 g/mol. The molecule has 0 aliphatic carbocycles. The van der Waals surface area contributed by atoms with Crippen molar-refractivity contribution >= 4 is 33.8 Å². The van der Waals surface area contributed by atoms with E-state index in [0.29, 0.717) is 17.1 Å².